The van der Waals surface area contributed by atoms with Crippen LogP contribution in [-0.2, 0) is 11.3 Å². The van der Waals surface area contributed by atoms with E-state index in [2.05, 4.69) is 28.3 Å². The van der Waals surface area contributed by atoms with Gasteiger partial charge in [-0.3, -0.25) is 0 Å². The van der Waals surface area contributed by atoms with Gasteiger partial charge in [-0.2, -0.15) is 10.2 Å². The van der Waals surface area contributed by atoms with Gasteiger partial charge in [-0.05, 0) is 62.9 Å². The molecule has 3 aromatic heterocycles. The molecule has 1 aliphatic rings. The van der Waals surface area contributed by atoms with Crippen molar-refractivity contribution >= 4 is 39.9 Å². The van der Waals surface area contributed by atoms with Gasteiger partial charge in [0.05, 0.1) is 12.1 Å². The molecule has 4 heterocycles. The highest BCUT2D eigenvalue weighted by Crippen LogP contribution is 2.38. The third-order valence-electron chi connectivity index (χ3n) is 7.34. The van der Waals surface area contributed by atoms with Crippen LogP contribution in [0.3, 0.4) is 0 Å². The Hall–Kier alpha value is -4.11. The summed E-state index contributed by atoms with van der Waals surface area (Å²) in [4.78, 5) is 18.6. The molecule has 6 rings (SSSR count). The first kappa shape index (κ1) is 26.1. The zero-order chi connectivity index (χ0) is 28.0. The number of nitrogen functional groups attached to an aromatic ring is 1. The van der Waals surface area contributed by atoms with Crippen molar-refractivity contribution in [2.24, 2.45) is 0 Å². The first-order chi connectivity index (χ1) is 19.2. The standard InChI is InChI=1S/C30H32ClN7O2/c1-30(2,3)40-29(39)36-13-11-20(12-14-36)25-16-23(26-28(32)33-18-34-38(25)26)21-9-10-22-24(15-21)35-37(27(22)31)17-19-7-5-4-6-8-19/h4-10,15-16,18,20H,11-14,17H2,1-3H3,(H2,32,33,34). The fourth-order valence-electron chi connectivity index (χ4n) is 5.42. The largest absolute Gasteiger partial charge is 0.444 e. The first-order valence-corrected chi connectivity index (χ1v) is 13.9. The molecule has 1 aliphatic heterocycles. The van der Waals surface area contributed by atoms with Crippen molar-refractivity contribution in [3.8, 4) is 11.1 Å². The monoisotopic (exact) mass is 557 g/mol. The van der Waals surface area contributed by atoms with Crippen LogP contribution in [0.4, 0.5) is 10.6 Å². The van der Waals surface area contributed by atoms with Gasteiger partial charge in [-0.25, -0.2) is 19.0 Å². The summed E-state index contributed by atoms with van der Waals surface area (Å²) in [5.74, 6) is 0.618. The van der Waals surface area contributed by atoms with Gasteiger partial charge in [-0.15, -0.1) is 0 Å². The summed E-state index contributed by atoms with van der Waals surface area (Å²) in [5, 5.41) is 10.9. The van der Waals surface area contributed by atoms with Crippen LogP contribution in [0.5, 0.6) is 0 Å². The SMILES string of the molecule is CC(C)(C)OC(=O)N1CCC(c2cc(-c3ccc4c(Cl)n(Cc5ccccc5)nc4c3)c3c(N)ncnn23)CC1. The number of amides is 1. The number of carbonyl (C=O) groups is 1. The lowest BCUT2D eigenvalue weighted by Gasteiger charge is -2.33. The van der Waals surface area contributed by atoms with Crippen molar-refractivity contribution in [3.63, 3.8) is 0 Å². The summed E-state index contributed by atoms with van der Waals surface area (Å²) in [6, 6.07) is 18.4. The Morgan fingerprint density at radius 1 is 1.10 bits per heavy atom. The number of benzene rings is 2. The van der Waals surface area contributed by atoms with Crippen molar-refractivity contribution in [1.29, 1.82) is 0 Å². The van der Waals surface area contributed by atoms with Crippen molar-refractivity contribution in [1.82, 2.24) is 29.3 Å². The number of nitrogens with zero attached hydrogens (tertiary/aromatic N) is 6. The third kappa shape index (κ3) is 4.97. The Bertz CT molecular complexity index is 1700. The van der Waals surface area contributed by atoms with E-state index >= 15 is 0 Å². The number of rotatable bonds is 4. The summed E-state index contributed by atoms with van der Waals surface area (Å²) >= 11 is 6.72. The second-order valence-corrected chi connectivity index (χ2v) is 11.7. The smallest absolute Gasteiger partial charge is 0.410 e. The lowest BCUT2D eigenvalue weighted by molar-refractivity contribution is 0.0203. The van der Waals surface area contributed by atoms with Crippen LogP contribution in [-0.4, -0.2) is 54.1 Å². The lowest BCUT2D eigenvalue weighted by Crippen LogP contribution is -2.41. The van der Waals surface area contributed by atoms with E-state index in [1.165, 1.54) is 6.33 Å². The van der Waals surface area contributed by atoms with Gasteiger partial charge in [0.1, 0.15) is 22.6 Å². The van der Waals surface area contributed by atoms with Crippen LogP contribution in [0.25, 0.3) is 27.5 Å². The van der Waals surface area contributed by atoms with Crippen LogP contribution in [0.1, 0.15) is 50.8 Å². The molecule has 0 radical (unpaired) electrons. The maximum Gasteiger partial charge on any atom is 0.410 e. The van der Waals surface area contributed by atoms with Gasteiger partial charge in [0.25, 0.3) is 0 Å². The van der Waals surface area contributed by atoms with E-state index in [1.807, 2.05) is 66.4 Å². The Morgan fingerprint density at radius 3 is 2.58 bits per heavy atom. The molecule has 1 amide bonds. The maximum atomic E-state index is 12.6. The summed E-state index contributed by atoms with van der Waals surface area (Å²) in [6.07, 6.45) is 2.82. The van der Waals surface area contributed by atoms with Crippen molar-refractivity contribution in [2.45, 2.75) is 51.7 Å². The molecule has 2 N–H and O–H groups in total. The normalized spacial score (nSPS) is 14.8. The molecule has 1 saturated heterocycles. The second kappa shape index (κ2) is 10.1. The molecule has 206 valence electrons. The highest BCUT2D eigenvalue weighted by Gasteiger charge is 2.30. The molecular weight excluding hydrogens is 526 g/mol. The van der Waals surface area contributed by atoms with Crippen LogP contribution in [0.2, 0.25) is 5.15 Å². The zero-order valence-corrected chi connectivity index (χ0v) is 23.6. The van der Waals surface area contributed by atoms with Gasteiger partial charge in [0.15, 0.2) is 5.82 Å². The minimum Gasteiger partial charge on any atom is -0.444 e. The lowest BCUT2D eigenvalue weighted by atomic mass is 9.93. The molecule has 0 aliphatic carbocycles. The molecule has 0 atom stereocenters. The average molecular weight is 558 g/mol. The van der Waals surface area contributed by atoms with E-state index in [9.17, 15) is 4.79 Å². The van der Waals surface area contributed by atoms with Crippen LogP contribution in [0.15, 0.2) is 60.9 Å². The molecule has 5 aromatic rings. The summed E-state index contributed by atoms with van der Waals surface area (Å²) in [6.45, 7) is 7.48. The minimum atomic E-state index is -0.516. The molecule has 40 heavy (non-hydrogen) atoms. The molecule has 0 bridgehead atoms. The number of hydrogen-bond donors (Lipinski definition) is 1. The van der Waals surface area contributed by atoms with Gasteiger partial charge in [0, 0.05) is 35.7 Å². The van der Waals surface area contributed by atoms with Crippen molar-refractivity contribution in [3.05, 3.63) is 77.3 Å². The molecule has 1 fully saturated rings. The van der Waals surface area contributed by atoms with E-state index in [-0.39, 0.29) is 12.0 Å². The summed E-state index contributed by atoms with van der Waals surface area (Å²) in [5.41, 5.74) is 11.5. The minimum absolute atomic E-state index is 0.206. The van der Waals surface area contributed by atoms with E-state index in [0.717, 1.165) is 51.6 Å². The molecule has 2 aromatic carbocycles. The van der Waals surface area contributed by atoms with E-state index < -0.39 is 5.60 Å². The second-order valence-electron chi connectivity index (χ2n) is 11.3. The Balaban J connectivity index is 1.32. The molecule has 0 saturated carbocycles. The van der Waals surface area contributed by atoms with Crippen LogP contribution >= 0.6 is 11.6 Å². The number of nitrogens with two attached hydrogens (primary N) is 1. The Kier molecular flexibility index (Phi) is 6.62. The highest BCUT2D eigenvalue weighted by molar-refractivity contribution is 6.34. The number of aromatic nitrogens is 5. The number of fused-ring (bicyclic) bond motifs is 2. The van der Waals surface area contributed by atoms with Crippen molar-refractivity contribution < 1.29 is 9.53 Å². The van der Waals surface area contributed by atoms with Crippen LogP contribution < -0.4 is 5.73 Å². The number of anilines is 1. The Labute approximate surface area is 237 Å². The first-order valence-electron chi connectivity index (χ1n) is 13.5. The highest BCUT2D eigenvalue weighted by atomic mass is 35.5. The number of halogens is 1. The van der Waals surface area contributed by atoms with E-state index in [1.54, 1.807) is 4.90 Å². The predicted octanol–water partition coefficient (Wildman–Crippen LogP) is 6.14. The summed E-state index contributed by atoms with van der Waals surface area (Å²) < 4.78 is 9.30. The topological polar surface area (TPSA) is 104 Å². The summed E-state index contributed by atoms with van der Waals surface area (Å²) in [7, 11) is 0. The van der Waals surface area contributed by atoms with Crippen LogP contribution in [0, 0.1) is 0 Å². The van der Waals surface area contributed by atoms with Gasteiger partial charge >= 0.3 is 6.09 Å². The van der Waals surface area contributed by atoms with Gasteiger partial charge in [0.2, 0.25) is 0 Å². The van der Waals surface area contributed by atoms with Gasteiger partial charge < -0.3 is 15.4 Å². The number of hydrogen-bond acceptors (Lipinski definition) is 6. The number of piperidine rings is 1. The molecular formula is C30H32ClN7O2. The van der Waals surface area contributed by atoms with Crippen molar-refractivity contribution in [2.75, 3.05) is 18.8 Å². The zero-order valence-electron chi connectivity index (χ0n) is 22.8. The fraction of sp³-hybridized carbons (Fsp3) is 0.333. The van der Waals surface area contributed by atoms with Gasteiger partial charge in [-0.1, -0.05) is 48.0 Å². The average Bonchev–Trinajstić information content (AvgIpc) is 3.47. The number of carbonyl (C=O) groups excluding carboxylic acids is 1. The maximum absolute atomic E-state index is 12.6. The number of likely N-dealkylation sites (tertiary alicyclic amines) is 1. The Morgan fingerprint density at radius 2 is 1.85 bits per heavy atom. The number of ether oxygens (including phenoxy) is 1. The fourth-order valence-corrected chi connectivity index (χ4v) is 5.68. The predicted molar refractivity (Wildman–Crippen MR) is 156 cm³/mol. The molecule has 0 unspecified atom stereocenters. The quantitative estimate of drug-likeness (QED) is 0.284. The molecule has 10 heteroatoms. The molecule has 0 spiro atoms. The van der Waals surface area contributed by atoms with E-state index in [4.69, 9.17) is 27.2 Å². The third-order valence-corrected chi connectivity index (χ3v) is 7.74. The van der Waals surface area contributed by atoms with E-state index in [0.29, 0.717) is 30.6 Å². The molecule has 9 nitrogen and oxygen atoms in total.